The third-order valence-electron chi connectivity index (χ3n) is 3.60. The van der Waals surface area contributed by atoms with Crippen molar-refractivity contribution in [3.63, 3.8) is 0 Å². The lowest BCUT2D eigenvalue weighted by Gasteiger charge is -2.13. The molecular weight excluding hydrogens is 322 g/mol. The van der Waals surface area contributed by atoms with E-state index in [1.165, 1.54) is 23.3 Å². The lowest BCUT2D eigenvalue weighted by Crippen LogP contribution is -2.01. The maximum absolute atomic E-state index is 13.9. The molecule has 0 fully saturated rings. The summed E-state index contributed by atoms with van der Waals surface area (Å²) in [7, 11) is 0. The second kappa shape index (κ2) is 6.04. The fourth-order valence-corrected chi connectivity index (χ4v) is 2.87. The molecule has 1 atom stereocenters. The van der Waals surface area contributed by atoms with Crippen LogP contribution in [0.4, 0.5) is 8.78 Å². The summed E-state index contributed by atoms with van der Waals surface area (Å²) < 4.78 is 27.5. The highest BCUT2D eigenvalue weighted by Gasteiger charge is 2.16. The largest absolute Gasteiger partial charge is 0.207 e. The van der Waals surface area contributed by atoms with E-state index in [1.54, 1.807) is 6.92 Å². The molecule has 0 spiro atoms. The third-order valence-corrected chi connectivity index (χ3v) is 4.42. The van der Waals surface area contributed by atoms with E-state index in [4.69, 9.17) is 0 Å². The Morgan fingerprint density at radius 2 is 1.60 bits per heavy atom. The monoisotopic (exact) mass is 338 g/mol. The Morgan fingerprint density at radius 1 is 0.900 bits per heavy atom. The third kappa shape index (κ3) is 3.26. The van der Waals surface area contributed by atoms with E-state index in [2.05, 4.69) is 35.0 Å². The van der Waals surface area contributed by atoms with Crippen molar-refractivity contribution in [3.8, 4) is 0 Å². The van der Waals surface area contributed by atoms with E-state index >= 15 is 0 Å². The highest BCUT2D eigenvalue weighted by molar-refractivity contribution is 9.09. The van der Waals surface area contributed by atoms with Gasteiger partial charge in [-0.1, -0.05) is 34.1 Å². The number of aryl methyl sites for hydroxylation is 3. The molecule has 0 radical (unpaired) electrons. The Kier molecular flexibility index (Phi) is 4.59. The maximum Gasteiger partial charge on any atom is 0.128 e. The summed E-state index contributed by atoms with van der Waals surface area (Å²) in [5, 5.41) is 0. The molecule has 0 saturated carbocycles. The zero-order chi connectivity index (χ0) is 14.9. The fraction of sp³-hybridized carbons (Fsp3) is 0.294. The van der Waals surface area contributed by atoms with Crippen molar-refractivity contribution in [2.24, 2.45) is 0 Å². The van der Waals surface area contributed by atoms with Crippen LogP contribution >= 0.6 is 15.9 Å². The number of alkyl halides is 1. The molecule has 2 aromatic rings. The highest BCUT2D eigenvalue weighted by atomic mass is 79.9. The molecule has 106 valence electrons. The first-order chi connectivity index (χ1) is 9.38. The van der Waals surface area contributed by atoms with E-state index in [9.17, 15) is 8.78 Å². The van der Waals surface area contributed by atoms with Gasteiger partial charge in [-0.2, -0.15) is 0 Å². The lowest BCUT2D eigenvalue weighted by atomic mass is 9.99. The zero-order valence-electron chi connectivity index (χ0n) is 11.8. The summed E-state index contributed by atoms with van der Waals surface area (Å²) in [5.74, 6) is -0.736. The number of hydrogen-bond acceptors (Lipinski definition) is 0. The Morgan fingerprint density at radius 3 is 2.25 bits per heavy atom. The summed E-state index contributed by atoms with van der Waals surface area (Å²) in [6, 6.07) is 8.70. The summed E-state index contributed by atoms with van der Waals surface area (Å²) >= 11 is 3.47. The predicted molar refractivity (Wildman–Crippen MR) is 82.4 cm³/mol. The molecule has 0 aliphatic heterocycles. The normalized spacial score (nSPS) is 12.5. The number of hydrogen-bond donors (Lipinski definition) is 0. The van der Waals surface area contributed by atoms with E-state index in [0.29, 0.717) is 17.5 Å². The number of benzene rings is 2. The van der Waals surface area contributed by atoms with Crippen LogP contribution in [0.1, 0.15) is 32.6 Å². The van der Waals surface area contributed by atoms with Gasteiger partial charge >= 0.3 is 0 Å². The first-order valence-electron chi connectivity index (χ1n) is 6.54. The van der Waals surface area contributed by atoms with Crippen LogP contribution in [0.25, 0.3) is 0 Å². The van der Waals surface area contributed by atoms with Crippen molar-refractivity contribution in [2.45, 2.75) is 32.0 Å². The van der Waals surface area contributed by atoms with Crippen LogP contribution in [0.3, 0.4) is 0 Å². The average Bonchev–Trinajstić information content (AvgIpc) is 2.38. The Labute approximate surface area is 127 Å². The topological polar surface area (TPSA) is 0 Å². The molecule has 20 heavy (non-hydrogen) atoms. The number of halogens is 3. The molecule has 0 heterocycles. The lowest BCUT2D eigenvalue weighted by molar-refractivity contribution is 0.577. The molecule has 0 aliphatic carbocycles. The molecule has 2 rings (SSSR count). The van der Waals surface area contributed by atoms with Gasteiger partial charge in [0.15, 0.2) is 0 Å². The summed E-state index contributed by atoms with van der Waals surface area (Å²) in [6.07, 6.45) is 0.626. The van der Waals surface area contributed by atoms with Gasteiger partial charge in [0.05, 0.1) is 0 Å². The molecule has 0 bridgehead atoms. The van der Waals surface area contributed by atoms with Gasteiger partial charge in [0.25, 0.3) is 0 Å². The van der Waals surface area contributed by atoms with Gasteiger partial charge in [-0.3, -0.25) is 0 Å². The predicted octanol–water partition coefficient (Wildman–Crippen LogP) is 5.57. The van der Waals surface area contributed by atoms with Crippen molar-refractivity contribution < 1.29 is 8.78 Å². The summed E-state index contributed by atoms with van der Waals surface area (Å²) in [4.78, 5) is -0.236. The highest BCUT2D eigenvalue weighted by Crippen LogP contribution is 2.31. The summed E-state index contributed by atoms with van der Waals surface area (Å²) in [6.45, 7) is 5.67. The van der Waals surface area contributed by atoms with Crippen LogP contribution in [0, 0.1) is 32.4 Å². The minimum absolute atomic E-state index is 0.236. The molecule has 0 aromatic heterocycles. The maximum atomic E-state index is 13.9. The van der Waals surface area contributed by atoms with Crippen LogP contribution in [-0.2, 0) is 6.42 Å². The van der Waals surface area contributed by atoms with E-state index in [-0.39, 0.29) is 16.5 Å². The quantitative estimate of drug-likeness (QED) is 0.642. The van der Waals surface area contributed by atoms with Gasteiger partial charge < -0.3 is 0 Å². The second-order valence-corrected chi connectivity index (χ2v) is 6.32. The van der Waals surface area contributed by atoms with E-state index in [1.807, 2.05) is 13.0 Å². The Hall–Kier alpha value is -1.22. The zero-order valence-corrected chi connectivity index (χ0v) is 13.4. The Balaban J connectivity index is 2.25. The van der Waals surface area contributed by atoms with Crippen molar-refractivity contribution in [1.82, 2.24) is 0 Å². The molecule has 0 saturated heterocycles. The summed E-state index contributed by atoms with van der Waals surface area (Å²) in [5.41, 5.74) is 4.24. The minimum atomic E-state index is -0.370. The van der Waals surface area contributed by atoms with E-state index < -0.39 is 0 Å². The first-order valence-corrected chi connectivity index (χ1v) is 7.46. The smallest absolute Gasteiger partial charge is 0.128 e. The van der Waals surface area contributed by atoms with Gasteiger partial charge in [-0.05, 0) is 61.6 Å². The minimum Gasteiger partial charge on any atom is -0.207 e. The molecule has 0 amide bonds. The molecule has 1 unspecified atom stereocenters. The van der Waals surface area contributed by atoms with Crippen molar-refractivity contribution in [1.29, 1.82) is 0 Å². The van der Waals surface area contributed by atoms with Crippen molar-refractivity contribution in [2.75, 3.05) is 0 Å². The van der Waals surface area contributed by atoms with Crippen molar-refractivity contribution >= 4 is 15.9 Å². The number of rotatable bonds is 3. The second-order valence-electron chi connectivity index (χ2n) is 5.21. The van der Waals surface area contributed by atoms with Crippen LogP contribution in [0.15, 0.2) is 30.3 Å². The molecule has 0 aliphatic rings. The van der Waals surface area contributed by atoms with Gasteiger partial charge in [0.1, 0.15) is 11.6 Å². The molecular formula is C17H17BrF2. The van der Waals surface area contributed by atoms with Crippen LogP contribution in [0.2, 0.25) is 0 Å². The molecule has 0 N–H and O–H groups in total. The van der Waals surface area contributed by atoms with Crippen molar-refractivity contribution in [3.05, 3.63) is 69.8 Å². The first kappa shape index (κ1) is 15.2. The average molecular weight is 339 g/mol. The van der Waals surface area contributed by atoms with Gasteiger partial charge in [-0.15, -0.1) is 0 Å². The molecule has 2 aromatic carbocycles. The van der Waals surface area contributed by atoms with Crippen LogP contribution < -0.4 is 0 Å². The standard InChI is InChI=1S/C17H17BrF2/c1-10-4-5-13(6-11(10)2)8-15(18)14-9-16(19)12(3)7-17(14)20/h4-7,9,15H,8H2,1-3H3. The fourth-order valence-electron chi connectivity index (χ4n) is 2.15. The van der Waals surface area contributed by atoms with Gasteiger partial charge in [0, 0.05) is 10.4 Å². The van der Waals surface area contributed by atoms with E-state index in [0.717, 1.165) is 5.56 Å². The van der Waals surface area contributed by atoms with Crippen LogP contribution in [0.5, 0.6) is 0 Å². The molecule has 0 nitrogen and oxygen atoms in total. The SMILES string of the molecule is Cc1ccc(CC(Br)c2cc(F)c(C)cc2F)cc1C. The Bertz CT molecular complexity index is 635. The van der Waals surface area contributed by atoms with Gasteiger partial charge in [0.2, 0.25) is 0 Å². The van der Waals surface area contributed by atoms with Gasteiger partial charge in [-0.25, -0.2) is 8.78 Å². The van der Waals surface area contributed by atoms with Crippen LogP contribution in [-0.4, -0.2) is 0 Å². The molecule has 3 heteroatoms.